The van der Waals surface area contributed by atoms with Crippen molar-refractivity contribution in [3.8, 4) is 11.3 Å². The normalized spacial score (nSPS) is 13.9. The summed E-state index contributed by atoms with van der Waals surface area (Å²) in [6.07, 6.45) is 6.62. The molecule has 2 aromatic carbocycles. The first-order valence-corrected chi connectivity index (χ1v) is 10.0. The number of hydrogen-bond donors (Lipinski definition) is 0. The highest BCUT2D eigenvalue weighted by Crippen LogP contribution is 2.25. The van der Waals surface area contributed by atoms with E-state index in [-0.39, 0.29) is 5.78 Å². The van der Waals surface area contributed by atoms with Crippen molar-refractivity contribution >= 4 is 29.0 Å². The number of benzene rings is 2. The number of nitrogens with zero attached hydrogens (tertiary/aromatic N) is 2. The van der Waals surface area contributed by atoms with Crippen LogP contribution in [-0.4, -0.2) is 10.4 Å². The first-order chi connectivity index (χ1) is 13.1. The maximum absolute atomic E-state index is 12.8. The van der Waals surface area contributed by atoms with E-state index in [1.165, 1.54) is 12.2 Å². The van der Waals surface area contributed by atoms with Gasteiger partial charge in [-0.05, 0) is 67.8 Å². The molecule has 0 fully saturated rings. The lowest BCUT2D eigenvalue weighted by molar-refractivity contribution is -0.690. The Balaban J connectivity index is 1.71. The van der Waals surface area contributed by atoms with Crippen molar-refractivity contribution in [3.63, 3.8) is 0 Å². The Hall–Kier alpha value is -2.10. The predicted molar refractivity (Wildman–Crippen MR) is 108 cm³/mol. The van der Waals surface area contributed by atoms with Crippen molar-refractivity contribution in [1.82, 2.24) is 4.57 Å². The van der Waals surface area contributed by atoms with E-state index < -0.39 is 0 Å². The number of halogens is 2. The molecule has 0 N–H and O–H groups in total. The molecule has 0 bridgehead atoms. The zero-order valence-electron chi connectivity index (χ0n) is 15.0. The Morgan fingerprint density at radius 3 is 2.30 bits per heavy atom. The third kappa shape index (κ3) is 3.95. The van der Waals surface area contributed by atoms with Crippen LogP contribution in [0.1, 0.15) is 35.4 Å². The van der Waals surface area contributed by atoms with Gasteiger partial charge in [-0.2, -0.15) is 0 Å². The Bertz CT molecular complexity index is 959. The minimum absolute atomic E-state index is 0.0944. The van der Waals surface area contributed by atoms with Crippen LogP contribution in [0.2, 0.25) is 10.0 Å². The lowest BCUT2D eigenvalue weighted by Crippen LogP contribution is -2.40. The summed E-state index contributed by atoms with van der Waals surface area (Å²) in [5.74, 6) is 1.32. The Kier molecular flexibility index (Phi) is 5.33. The number of imidazole rings is 1. The van der Waals surface area contributed by atoms with E-state index in [2.05, 4.69) is 15.3 Å². The van der Waals surface area contributed by atoms with Gasteiger partial charge in [-0.15, -0.1) is 0 Å². The van der Waals surface area contributed by atoms with Crippen LogP contribution in [-0.2, 0) is 19.5 Å². The summed E-state index contributed by atoms with van der Waals surface area (Å²) >= 11 is 12.0. The molecule has 27 heavy (non-hydrogen) atoms. The average molecular weight is 400 g/mol. The summed E-state index contributed by atoms with van der Waals surface area (Å²) in [4.78, 5) is 12.8. The molecule has 0 saturated heterocycles. The quantitative estimate of drug-likeness (QED) is 0.428. The van der Waals surface area contributed by atoms with Crippen LogP contribution in [0.4, 0.5) is 0 Å². The van der Waals surface area contributed by atoms with Gasteiger partial charge in [0.1, 0.15) is 6.20 Å². The molecule has 0 radical (unpaired) electrons. The molecular weight excluding hydrogens is 379 g/mol. The number of rotatable bonds is 4. The fourth-order valence-electron chi connectivity index (χ4n) is 3.71. The van der Waals surface area contributed by atoms with Crippen molar-refractivity contribution < 1.29 is 9.36 Å². The fraction of sp³-hybridized carbons (Fsp3) is 0.273. The Morgan fingerprint density at radius 2 is 1.59 bits per heavy atom. The smallest absolute Gasteiger partial charge is 0.257 e. The molecule has 0 saturated carbocycles. The summed E-state index contributed by atoms with van der Waals surface area (Å²) in [5.41, 5.74) is 2.96. The lowest BCUT2D eigenvalue weighted by Gasteiger charge is -2.03. The third-order valence-corrected chi connectivity index (χ3v) is 5.62. The molecule has 3 aromatic rings. The second-order valence-corrected chi connectivity index (χ2v) is 7.83. The van der Waals surface area contributed by atoms with Gasteiger partial charge >= 0.3 is 0 Å². The number of ketones is 1. The van der Waals surface area contributed by atoms with E-state index in [4.69, 9.17) is 23.2 Å². The van der Waals surface area contributed by atoms with Crippen molar-refractivity contribution in [2.75, 3.05) is 0 Å². The summed E-state index contributed by atoms with van der Waals surface area (Å²) in [5, 5.41) is 1.37. The molecule has 3 nitrogen and oxygen atoms in total. The Labute approximate surface area is 169 Å². The summed E-state index contributed by atoms with van der Waals surface area (Å²) in [6.45, 7) is 1.32. The summed E-state index contributed by atoms with van der Waals surface area (Å²) in [6, 6.07) is 15.0. The van der Waals surface area contributed by atoms with Crippen molar-refractivity contribution in [1.29, 1.82) is 0 Å². The SMILES string of the molecule is O=C(C[n+]1cc(-c2ccc(Cl)cc2)n2c1CCCCC2)c1ccc(Cl)cc1. The molecule has 0 spiro atoms. The molecule has 5 heteroatoms. The molecule has 0 atom stereocenters. The number of carbonyl (C=O) groups is 1. The van der Waals surface area contributed by atoms with Crippen LogP contribution in [0.25, 0.3) is 11.3 Å². The predicted octanol–water partition coefficient (Wildman–Crippen LogP) is 5.36. The minimum Gasteiger partial charge on any atom is -0.290 e. The van der Waals surface area contributed by atoms with Crippen LogP contribution in [0.5, 0.6) is 0 Å². The molecule has 138 valence electrons. The molecular formula is C22H21Cl2N2O+. The molecule has 2 heterocycles. The first kappa shape index (κ1) is 18.3. The van der Waals surface area contributed by atoms with Crippen molar-refractivity contribution in [3.05, 3.63) is 76.2 Å². The Morgan fingerprint density at radius 1 is 0.926 bits per heavy atom. The highest BCUT2D eigenvalue weighted by Gasteiger charge is 2.27. The van der Waals surface area contributed by atoms with Crippen molar-refractivity contribution in [2.24, 2.45) is 0 Å². The topological polar surface area (TPSA) is 25.9 Å². The van der Waals surface area contributed by atoms with Gasteiger partial charge in [-0.3, -0.25) is 4.79 Å². The number of fused-ring (bicyclic) bond motifs is 1. The van der Waals surface area contributed by atoms with Gasteiger partial charge in [-0.25, -0.2) is 9.13 Å². The van der Waals surface area contributed by atoms with Crippen LogP contribution < -0.4 is 4.57 Å². The number of carbonyl (C=O) groups excluding carboxylic acids is 1. The van der Waals surface area contributed by atoms with Gasteiger partial charge in [0.25, 0.3) is 5.82 Å². The third-order valence-electron chi connectivity index (χ3n) is 5.11. The molecule has 1 aliphatic rings. The highest BCUT2D eigenvalue weighted by molar-refractivity contribution is 6.30. The number of hydrogen-bond acceptors (Lipinski definition) is 1. The second kappa shape index (κ2) is 7.87. The van der Waals surface area contributed by atoms with Crippen LogP contribution in [0.15, 0.2) is 54.7 Å². The van der Waals surface area contributed by atoms with E-state index >= 15 is 0 Å². The maximum atomic E-state index is 12.8. The maximum Gasteiger partial charge on any atom is 0.257 e. The highest BCUT2D eigenvalue weighted by atomic mass is 35.5. The van der Waals surface area contributed by atoms with Crippen LogP contribution in [0.3, 0.4) is 0 Å². The molecule has 0 unspecified atom stereocenters. The van der Waals surface area contributed by atoms with Gasteiger partial charge < -0.3 is 0 Å². The molecule has 4 rings (SSSR count). The van der Waals surface area contributed by atoms with E-state index in [0.29, 0.717) is 17.1 Å². The van der Waals surface area contributed by atoms with Gasteiger partial charge in [0.2, 0.25) is 5.78 Å². The second-order valence-electron chi connectivity index (χ2n) is 6.96. The summed E-state index contributed by atoms with van der Waals surface area (Å²) in [7, 11) is 0. The average Bonchev–Trinajstić information content (AvgIpc) is 2.84. The van der Waals surface area contributed by atoms with Gasteiger partial charge in [0.05, 0.1) is 6.54 Å². The van der Waals surface area contributed by atoms with E-state index in [1.807, 2.05) is 24.3 Å². The zero-order valence-corrected chi connectivity index (χ0v) is 16.5. The van der Waals surface area contributed by atoms with E-state index in [0.717, 1.165) is 42.1 Å². The minimum atomic E-state index is 0.0944. The lowest BCUT2D eigenvalue weighted by atomic mass is 10.1. The van der Waals surface area contributed by atoms with Gasteiger partial charge in [0, 0.05) is 27.6 Å². The van der Waals surface area contributed by atoms with Gasteiger partial charge in [-0.1, -0.05) is 23.2 Å². The molecule has 1 aromatic heterocycles. The largest absolute Gasteiger partial charge is 0.290 e. The summed E-state index contributed by atoms with van der Waals surface area (Å²) < 4.78 is 4.48. The molecule has 1 aliphatic heterocycles. The van der Waals surface area contributed by atoms with Gasteiger partial charge in [0.15, 0.2) is 12.2 Å². The van der Waals surface area contributed by atoms with Crippen molar-refractivity contribution in [2.45, 2.75) is 38.8 Å². The monoisotopic (exact) mass is 399 g/mol. The molecule has 0 amide bonds. The first-order valence-electron chi connectivity index (χ1n) is 9.28. The molecule has 0 aliphatic carbocycles. The van der Waals surface area contributed by atoms with Crippen LogP contribution in [0, 0.1) is 0 Å². The van der Waals surface area contributed by atoms with E-state index in [9.17, 15) is 4.79 Å². The van der Waals surface area contributed by atoms with Crippen LogP contribution >= 0.6 is 23.2 Å². The fourth-order valence-corrected chi connectivity index (χ4v) is 3.97. The van der Waals surface area contributed by atoms with E-state index in [1.54, 1.807) is 24.3 Å². The number of aromatic nitrogens is 2. The number of Topliss-reactive ketones (excluding diaryl/α,β-unsaturated/α-hetero) is 1. The zero-order chi connectivity index (χ0) is 18.8. The standard InChI is InChI=1S/C22H21Cl2N2O/c23-18-9-5-16(6-10-18)20-14-25(22-4-2-1-3-13-26(20)22)15-21(27)17-7-11-19(24)12-8-17/h5-12,14H,1-4,13,15H2/q+1.